The molecule has 0 unspecified atom stereocenters. The van der Waals surface area contributed by atoms with Gasteiger partial charge in [-0.15, -0.1) is 0 Å². The third-order valence-corrected chi connectivity index (χ3v) is 7.47. The third kappa shape index (κ3) is 5.94. The highest BCUT2D eigenvalue weighted by atomic mass is 79.9. The molecule has 5 rings (SSSR count). The van der Waals surface area contributed by atoms with E-state index in [2.05, 4.69) is 26.6 Å². The molecule has 0 spiro atoms. The minimum atomic E-state index is -0.547. The summed E-state index contributed by atoms with van der Waals surface area (Å²) in [5, 5.41) is 5.96. The Bertz CT molecular complexity index is 1600. The predicted octanol–water partition coefficient (Wildman–Crippen LogP) is 7.14. The van der Waals surface area contributed by atoms with Crippen LogP contribution in [0.1, 0.15) is 15.9 Å². The van der Waals surface area contributed by atoms with Crippen LogP contribution >= 0.6 is 27.7 Å². The van der Waals surface area contributed by atoms with Crippen LogP contribution in [-0.2, 0) is 9.59 Å². The fourth-order valence-corrected chi connectivity index (χ4v) is 5.13. The molecule has 9 heteroatoms. The normalized spacial score (nSPS) is 13.2. The number of imide groups is 1. The van der Waals surface area contributed by atoms with E-state index in [4.69, 9.17) is 0 Å². The molecule has 1 aliphatic heterocycles. The quantitative estimate of drug-likeness (QED) is 0.220. The molecule has 0 fully saturated rings. The Kier molecular flexibility index (Phi) is 7.63. The molecule has 0 aliphatic carbocycles. The average molecular weight is 602 g/mol. The second-order valence-corrected chi connectivity index (χ2v) is 10.7. The number of carbonyl (C=O) groups excluding carboxylic acids is 3. The van der Waals surface area contributed by atoms with E-state index in [1.165, 1.54) is 24.3 Å². The predicted molar refractivity (Wildman–Crippen MR) is 155 cm³/mol. The third-order valence-electron chi connectivity index (χ3n) is 5.87. The summed E-state index contributed by atoms with van der Waals surface area (Å²) >= 11 is 4.46. The first-order valence-electron chi connectivity index (χ1n) is 11.9. The molecule has 0 saturated carbocycles. The van der Waals surface area contributed by atoms with Crippen LogP contribution in [0.5, 0.6) is 0 Å². The van der Waals surface area contributed by atoms with Crippen molar-refractivity contribution in [1.82, 2.24) is 0 Å². The van der Waals surface area contributed by atoms with Crippen LogP contribution < -0.4 is 15.5 Å². The van der Waals surface area contributed by atoms with Crippen LogP contribution in [0.15, 0.2) is 117 Å². The number of halogens is 2. The van der Waals surface area contributed by atoms with Gasteiger partial charge in [0.15, 0.2) is 0 Å². The van der Waals surface area contributed by atoms with E-state index in [-0.39, 0.29) is 22.2 Å². The van der Waals surface area contributed by atoms with Gasteiger partial charge in [0.2, 0.25) is 0 Å². The lowest BCUT2D eigenvalue weighted by atomic mass is 10.2. The molecule has 0 atom stereocenters. The molecule has 0 aromatic heterocycles. The zero-order valence-corrected chi connectivity index (χ0v) is 23.0. The fraction of sp³-hybridized carbons (Fsp3) is 0.0333. The van der Waals surface area contributed by atoms with Gasteiger partial charge in [0, 0.05) is 26.3 Å². The number of anilines is 3. The molecular formula is C30H21BrFN3O3S. The number of hydrogen-bond acceptors (Lipinski definition) is 5. The molecule has 39 heavy (non-hydrogen) atoms. The van der Waals surface area contributed by atoms with E-state index in [1.54, 1.807) is 48.5 Å². The maximum atomic E-state index is 13.6. The van der Waals surface area contributed by atoms with Crippen molar-refractivity contribution in [2.75, 3.05) is 15.5 Å². The van der Waals surface area contributed by atoms with Crippen molar-refractivity contribution in [3.63, 3.8) is 0 Å². The summed E-state index contributed by atoms with van der Waals surface area (Å²) in [7, 11) is 0. The Morgan fingerprint density at radius 2 is 1.54 bits per heavy atom. The van der Waals surface area contributed by atoms with Gasteiger partial charge in [-0.3, -0.25) is 14.4 Å². The monoisotopic (exact) mass is 601 g/mol. The van der Waals surface area contributed by atoms with E-state index < -0.39 is 17.6 Å². The van der Waals surface area contributed by atoms with Crippen molar-refractivity contribution in [3.05, 3.63) is 129 Å². The number of thioether (sulfide) groups is 1. The van der Waals surface area contributed by atoms with Gasteiger partial charge in [0.25, 0.3) is 17.7 Å². The standard InChI is InChI=1S/C30H21BrFN3O3S/c1-18-5-13-22(14-6-18)33-26-27(30(38)35(29(26)37)24-15-11-21(32)12-16-24)39-25-4-2-3-23(17-25)34-28(36)19-7-9-20(31)10-8-19/h2-17,33H,1H3,(H,34,36). The summed E-state index contributed by atoms with van der Waals surface area (Å²) in [5.41, 5.74) is 3.10. The van der Waals surface area contributed by atoms with Crippen molar-refractivity contribution in [2.24, 2.45) is 0 Å². The van der Waals surface area contributed by atoms with E-state index in [0.717, 1.165) is 26.7 Å². The molecule has 4 aromatic rings. The van der Waals surface area contributed by atoms with Gasteiger partial charge in [-0.05, 0) is 85.8 Å². The maximum absolute atomic E-state index is 13.6. The van der Waals surface area contributed by atoms with Crippen LogP contribution in [0, 0.1) is 12.7 Å². The van der Waals surface area contributed by atoms with Crippen molar-refractivity contribution in [1.29, 1.82) is 0 Å². The number of hydrogen-bond donors (Lipinski definition) is 2. The highest BCUT2D eigenvalue weighted by Gasteiger charge is 2.40. The van der Waals surface area contributed by atoms with Gasteiger partial charge in [0.05, 0.1) is 5.69 Å². The molecule has 0 radical (unpaired) electrons. The Labute approximate surface area is 237 Å². The fourth-order valence-electron chi connectivity index (χ4n) is 3.88. The minimum absolute atomic E-state index is 0.113. The zero-order chi connectivity index (χ0) is 27.5. The Morgan fingerprint density at radius 1 is 0.846 bits per heavy atom. The Hall–Kier alpha value is -4.21. The molecular weight excluding hydrogens is 581 g/mol. The highest BCUT2D eigenvalue weighted by molar-refractivity contribution is 9.10. The summed E-state index contributed by atoms with van der Waals surface area (Å²) in [4.78, 5) is 41.6. The number of benzene rings is 4. The van der Waals surface area contributed by atoms with E-state index in [9.17, 15) is 18.8 Å². The van der Waals surface area contributed by atoms with Crippen LogP contribution in [0.3, 0.4) is 0 Å². The topological polar surface area (TPSA) is 78.5 Å². The summed E-state index contributed by atoms with van der Waals surface area (Å²) in [6.45, 7) is 1.95. The molecule has 1 aliphatic rings. The molecule has 3 amide bonds. The lowest BCUT2D eigenvalue weighted by Crippen LogP contribution is -2.32. The number of nitrogens with zero attached hydrogens (tertiary/aromatic N) is 1. The van der Waals surface area contributed by atoms with Gasteiger partial charge in [-0.2, -0.15) is 0 Å². The maximum Gasteiger partial charge on any atom is 0.283 e. The SMILES string of the molecule is Cc1ccc(NC2=C(Sc3cccc(NC(=O)c4ccc(Br)cc4)c3)C(=O)N(c3ccc(F)cc3)C2=O)cc1. The lowest BCUT2D eigenvalue weighted by molar-refractivity contribution is -0.120. The van der Waals surface area contributed by atoms with Crippen LogP contribution in [-0.4, -0.2) is 17.7 Å². The van der Waals surface area contributed by atoms with Gasteiger partial charge in [-0.25, -0.2) is 9.29 Å². The largest absolute Gasteiger partial charge is 0.350 e. The van der Waals surface area contributed by atoms with Gasteiger partial charge in [-0.1, -0.05) is 51.5 Å². The van der Waals surface area contributed by atoms with Crippen LogP contribution in [0.25, 0.3) is 0 Å². The summed E-state index contributed by atoms with van der Waals surface area (Å²) in [5.74, 6) is -1.83. The van der Waals surface area contributed by atoms with Crippen molar-refractivity contribution < 1.29 is 18.8 Å². The molecule has 194 valence electrons. The molecule has 0 saturated heterocycles. The summed E-state index contributed by atoms with van der Waals surface area (Å²) in [6, 6.07) is 26.6. The molecule has 1 heterocycles. The number of rotatable bonds is 7. The van der Waals surface area contributed by atoms with Crippen molar-refractivity contribution in [3.8, 4) is 0 Å². The first-order chi connectivity index (χ1) is 18.8. The molecule has 2 N–H and O–H groups in total. The van der Waals surface area contributed by atoms with Crippen molar-refractivity contribution in [2.45, 2.75) is 11.8 Å². The summed E-state index contributed by atoms with van der Waals surface area (Å²) < 4.78 is 14.4. The Morgan fingerprint density at radius 3 is 2.23 bits per heavy atom. The minimum Gasteiger partial charge on any atom is -0.350 e. The van der Waals surface area contributed by atoms with E-state index >= 15 is 0 Å². The van der Waals surface area contributed by atoms with E-state index in [0.29, 0.717) is 21.8 Å². The molecule has 6 nitrogen and oxygen atoms in total. The number of amides is 3. The highest BCUT2D eigenvalue weighted by Crippen LogP contribution is 2.38. The Balaban J connectivity index is 1.44. The first kappa shape index (κ1) is 26.4. The average Bonchev–Trinajstić information content (AvgIpc) is 3.15. The van der Waals surface area contributed by atoms with Crippen LogP contribution in [0.2, 0.25) is 0 Å². The van der Waals surface area contributed by atoms with Crippen LogP contribution in [0.4, 0.5) is 21.5 Å². The van der Waals surface area contributed by atoms with E-state index in [1.807, 2.05) is 31.2 Å². The second kappa shape index (κ2) is 11.3. The number of nitrogens with one attached hydrogen (secondary N) is 2. The zero-order valence-electron chi connectivity index (χ0n) is 20.6. The summed E-state index contributed by atoms with van der Waals surface area (Å²) in [6.07, 6.45) is 0. The molecule has 0 bridgehead atoms. The number of aryl methyl sites for hydroxylation is 1. The number of carbonyl (C=O) groups is 3. The molecule has 4 aromatic carbocycles. The van der Waals surface area contributed by atoms with Gasteiger partial charge < -0.3 is 10.6 Å². The van der Waals surface area contributed by atoms with Gasteiger partial charge in [0.1, 0.15) is 16.4 Å². The van der Waals surface area contributed by atoms with Gasteiger partial charge >= 0.3 is 0 Å². The second-order valence-electron chi connectivity index (χ2n) is 8.71. The lowest BCUT2D eigenvalue weighted by Gasteiger charge is -2.15. The first-order valence-corrected chi connectivity index (χ1v) is 13.5. The van der Waals surface area contributed by atoms with Crippen molar-refractivity contribution >= 4 is 62.5 Å². The smallest absolute Gasteiger partial charge is 0.283 e.